The van der Waals surface area contributed by atoms with E-state index in [4.69, 9.17) is 0 Å². The molecule has 2 rings (SSSR count). The van der Waals surface area contributed by atoms with Crippen molar-refractivity contribution in [1.82, 2.24) is 0 Å². The highest BCUT2D eigenvalue weighted by Crippen LogP contribution is 2.30. The number of nitrogens with one attached hydrogen (secondary N) is 1. The summed E-state index contributed by atoms with van der Waals surface area (Å²) in [7, 11) is -3.55. The molecule has 1 heterocycles. The first-order valence-corrected chi connectivity index (χ1v) is 8.27. The maximum absolute atomic E-state index is 14.0. The zero-order valence-electron chi connectivity index (χ0n) is 12.2. The Labute approximate surface area is 127 Å². The number of rotatable bonds is 4. The smallest absolute Gasteiger partial charge is 0.411 e. The van der Waals surface area contributed by atoms with Gasteiger partial charge < -0.3 is 4.74 Å². The van der Waals surface area contributed by atoms with Crippen LogP contribution in [-0.2, 0) is 14.8 Å². The fourth-order valence-electron chi connectivity index (χ4n) is 1.95. The molecule has 0 spiro atoms. The fourth-order valence-corrected chi connectivity index (χ4v) is 2.96. The minimum atomic E-state index is -3.55. The van der Waals surface area contributed by atoms with Crippen molar-refractivity contribution in [2.24, 2.45) is 4.99 Å². The first-order valence-electron chi connectivity index (χ1n) is 6.66. The molecule has 22 heavy (non-hydrogen) atoms. The molecule has 0 bridgehead atoms. The third-order valence-electron chi connectivity index (χ3n) is 3.04. The average molecular weight is 329 g/mol. The Morgan fingerprint density at radius 2 is 2.18 bits per heavy atom. The molecule has 0 aliphatic carbocycles. The molecule has 0 atom stereocenters. The molecule has 1 aromatic carbocycles. The molecule has 0 unspecified atom stereocenters. The molecule has 0 saturated heterocycles. The number of amides is 1. The van der Waals surface area contributed by atoms with Gasteiger partial charge in [-0.1, -0.05) is 0 Å². The lowest BCUT2D eigenvalue weighted by molar-refractivity contribution is 0.168. The van der Waals surface area contributed by atoms with E-state index in [0.717, 1.165) is 10.4 Å². The van der Waals surface area contributed by atoms with Crippen LogP contribution in [-0.4, -0.2) is 39.8 Å². The SMILES string of the molecule is CCOC(=O)Nc1cc2c(cc1F)C=NCN2S(=O)(=O)CC. The normalized spacial score (nSPS) is 13.7. The van der Waals surface area contributed by atoms with Gasteiger partial charge in [0.05, 0.1) is 23.7 Å². The lowest BCUT2D eigenvalue weighted by Crippen LogP contribution is -2.35. The summed E-state index contributed by atoms with van der Waals surface area (Å²) in [6.07, 6.45) is 0.588. The highest BCUT2D eigenvalue weighted by atomic mass is 32.2. The quantitative estimate of drug-likeness (QED) is 0.914. The van der Waals surface area contributed by atoms with E-state index in [2.05, 4.69) is 15.0 Å². The fraction of sp³-hybridized carbons (Fsp3) is 0.385. The van der Waals surface area contributed by atoms with Crippen LogP contribution in [0.2, 0.25) is 0 Å². The van der Waals surface area contributed by atoms with Crippen molar-refractivity contribution in [3.63, 3.8) is 0 Å². The van der Waals surface area contributed by atoms with Crippen LogP contribution < -0.4 is 9.62 Å². The number of carbonyl (C=O) groups excluding carboxylic acids is 1. The first-order chi connectivity index (χ1) is 10.4. The van der Waals surface area contributed by atoms with E-state index in [9.17, 15) is 17.6 Å². The summed E-state index contributed by atoms with van der Waals surface area (Å²) in [6.45, 7) is 3.19. The lowest BCUT2D eigenvalue weighted by atomic mass is 10.1. The molecule has 7 nitrogen and oxygen atoms in total. The number of hydrogen-bond acceptors (Lipinski definition) is 5. The van der Waals surface area contributed by atoms with Crippen molar-refractivity contribution in [3.8, 4) is 0 Å². The van der Waals surface area contributed by atoms with Gasteiger partial charge in [0.15, 0.2) is 0 Å². The summed E-state index contributed by atoms with van der Waals surface area (Å²) in [5.41, 5.74) is 0.448. The van der Waals surface area contributed by atoms with Gasteiger partial charge in [-0.3, -0.25) is 10.3 Å². The Kier molecular flexibility index (Phi) is 4.65. The van der Waals surface area contributed by atoms with Gasteiger partial charge in [0.2, 0.25) is 10.0 Å². The van der Waals surface area contributed by atoms with Gasteiger partial charge in [-0.15, -0.1) is 0 Å². The Hall–Kier alpha value is -2.16. The second kappa shape index (κ2) is 6.30. The maximum atomic E-state index is 14.0. The summed E-state index contributed by atoms with van der Waals surface area (Å²) < 4.78 is 43.9. The van der Waals surface area contributed by atoms with Crippen molar-refractivity contribution < 1.29 is 22.3 Å². The third-order valence-corrected chi connectivity index (χ3v) is 4.75. The number of benzene rings is 1. The van der Waals surface area contributed by atoms with Crippen molar-refractivity contribution in [2.45, 2.75) is 13.8 Å². The number of aliphatic imine (C=N–C) groups is 1. The second-order valence-electron chi connectivity index (χ2n) is 4.44. The van der Waals surface area contributed by atoms with E-state index in [1.54, 1.807) is 6.92 Å². The van der Waals surface area contributed by atoms with Crippen molar-refractivity contribution >= 4 is 33.7 Å². The Bertz CT molecular complexity index is 718. The van der Waals surface area contributed by atoms with E-state index < -0.39 is 21.9 Å². The third kappa shape index (κ3) is 3.19. The van der Waals surface area contributed by atoms with E-state index in [0.29, 0.717) is 5.56 Å². The molecule has 0 radical (unpaired) electrons. The minimum absolute atomic E-state index is 0.0757. The molecule has 120 valence electrons. The zero-order valence-corrected chi connectivity index (χ0v) is 13.0. The van der Waals surface area contributed by atoms with E-state index >= 15 is 0 Å². The molecule has 1 aliphatic rings. The molecule has 9 heteroatoms. The molecule has 0 saturated carbocycles. The average Bonchev–Trinajstić information content (AvgIpc) is 2.47. The van der Waals surface area contributed by atoms with Crippen LogP contribution in [0, 0.1) is 5.82 Å². The van der Waals surface area contributed by atoms with E-state index in [-0.39, 0.29) is 30.4 Å². The maximum Gasteiger partial charge on any atom is 0.411 e. The van der Waals surface area contributed by atoms with Crippen LogP contribution in [0.5, 0.6) is 0 Å². The minimum Gasteiger partial charge on any atom is -0.450 e. The monoisotopic (exact) mass is 329 g/mol. The Morgan fingerprint density at radius 3 is 2.82 bits per heavy atom. The van der Waals surface area contributed by atoms with Crippen LogP contribution in [0.25, 0.3) is 0 Å². The number of fused-ring (bicyclic) bond motifs is 1. The standard InChI is InChI=1S/C13H16FN3O4S/c1-3-21-13(18)16-11-6-12-9(5-10(11)14)7-15-8-17(12)22(19,20)4-2/h5-7H,3-4,8H2,1-2H3,(H,16,18). The molecule has 1 N–H and O–H groups in total. The van der Waals surface area contributed by atoms with Crippen LogP contribution >= 0.6 is 0 Å². The summed E-state index contributed by atoms with van der Waals surface area (Å²) in [5, 5.41) is 2.25. The van der Waals surface area contributed by atoms with Crippen LogP contribution in [0.1, 0.15) is 19.4 Å². The molecule has 1 aromatic rings. The highest BCUT2D eigenvalue weighted by molar-refractivity contribution is 7.92. The molecule has 0 aromatic heterocycles. The van der Waals surface area contributed by atoms with Crippen molar-refractivity contribution in [1.29, 1.82) is 0 Å². The Morgan fingerprint density at radius 1 is 1.45 bits per heavy atom. The van der Waals surface area contributed by atoms with Gasteiger partial charge in [0, 0.05) is 11.8 Å². The van der Waals surface area contributed by atoms with Crippen molar-refractivity contribution in [2.75, 3.05) is 28.7 Å². The second-order valence-corrected chi connectivity index (χ2v) is 6.62. The number of halogens is 1. The van der Waals surface area contributed by atoms with Gasteiger partial charge >= 0.3 is 6.09 Å². The summed E-state index contributed by atoms with van der Waals surface area (Å²) in [5.74, 6) is -0.811. The highest BCUT2D eigenvalue weighted by Gasteiger charge is 2.26. The topological polar surface area (TPSA) is 88.1 Å². The van der Waals surface area contributed by atoms with Crippen LogP contribution in [0.15, 0.2) is 17.1 Å². The van der Waals surface area contributed by atoms with Gasteiger partial charge in [-0.2, -0.15) is 0 Å². The predicted molar refractivity (Wildman–Crippen MR) is 81.4 cm³/mol. The van der Waals surface area contributed by atoms with E-state index in [1.165, 1.54) is 19.2 Å². The molecular formula is C13H16FN3O4S. The Balaban J connectivity index is 2.44. The number of sulfonamides is 1. The number of nitrogens with zero attached hydrogens (tertiary/aromatic N) is 2. The van der Waals surface area contributed by atoms with E-state index in [1.807, 2.05) is 0 Å². The van der Waals surface area contributed by atoms with Crippen LogP contribution in [0.4, 0.5) is 20.6 Å². The number of anilines is 2. The summed E-state index contributed by atoms with van der Waals surface area (Å²) in [6, 6.07) is 2.39. The molecule has 1 amide bonds. The molecule has 1 aliphatic heterocycles. The first kappa shape index (κ1) is 16.2. The number of carbonyl (C=O) groups is 1. The van der Waals surface area contributed by atoms with Crippen LogP contribution in [0.3, 0.4) is 0 Å². The van der Waals surface area contributed by atoms with Gasteiger partial charge in [-0.25, -0.2) is 21.9 Å². The molecule has 0 fully saturated rings. The largest absolute Gasteiger partial charge is 0.450 e. The number of hydrogen-bond donors (Lipinski definition) is 1. The summed E-state index contributed by atoms with van der Waals surface area (Å²) in [4.78, 5) is 15.3. The summed E-state index contributed by atoms with van der Waals surface area (Å²) >= 11 is 0. The lowest BCUT2D eigenvalue weighted by Gasteiger charge is -2.27. The van der Waals surface area contributed by atoms with Crippen molar-refractivity contribution in [3.05, 3.63) is 23.5 Å². The predicted octanol–water partition coefficient (Wildman–Crippen LogP) is 1.94. The van der Waals surface area contributed by atoms with Gasteiger partial charge in [0.1, 0.15) is 12.5 Å². The van der Waals surface area contributed by atoms with Gasteiger partial charge in [0.25, 0.3) is 0 Å². The molecular weight excluding hydrogens is 313 g/mol. The zero-order chi connectivity index (χ0) is 16.3. The number of ether oxygens (including phenoxy) is 1. The van der Waals surface area contributed by atoms with Gasteiger partial charge in [-0.05, 0) is 26.0 Å².